The van der Waals surface area contributed by atoms with E-state index in [9.17, 15) is 0 Å². The normalized spacial score (nSPS) is 18.8. The molecule has 1 N–H and O–H groups in total. The van der Waals surface area contributed by atoms with Crippen molar-refractivity contribution >= 4 is 11.3 Å². The van der Waals surface area contributed by atoms with Crippen molar-refractivity contribution in [3.8, 4) is 10.7 Å². The summed E-state index contributed by atoms with van der Waals surface area (Å²) in [5, 5.41) is 6.48. The maximum Gasteiger partial charge on any atom is 0.142 e. The van der Waals surface area contributed by atoms with Crippen LogP contribution in [0, 0.1) is 0 Å². The molecule has 1 aliphatic heterocycles. The Labute approximate surface area is 116 Å². The van der Waals surface area contributed by atoms with E-state index in [2.05, 4.69) is 20.7 Å². The first-order chi connectivity index (χ1) is 9.42. The highest BCUT2D eigenvalue weighted by atomic mass is 32.1. The number of ether oxygens (including phenoxy) is 1. The zero-order valence-electron chi connectivity index (χ0n) is 10.7. The largest absolute Gasteiger partial charge is 0.377 e. The summed E-state index contributed by atoms with van der Waals surface area (Å²) in [7, 11) is 0. The number of pyridine rings is 1. The van der Waals surface area contributed by atoms with Crippen LogP contribution >= 0.6 is 11.3 Å². The summed E-state index contributed by atoms with van der Waals surface area (Å²) >= 11 is 1.64. The van der Waals surface area contributed by atoms with E-state index in [1.807, 2.05) is 18.2 Å². The van der Waals surface area contributed by atoms with E-state index in [1.165, 1.54) is 12.8 Å². The Balaban J connectivity index is 1.53. The van der Waals surface area contributed by atoms with E-state index < -0.39 is 0 Å². The van der Waals surface area contributed by atoms with Gasteiger partial charge in [0, 0.05) is 31.3 Å². The van der Waals surface area contributed by atoms with Crippen LogP contribution in [0.5, 0.6) is 0 Å². The van der Waals surface area contributed by atoms with Crippen LogP contribution in [0.2, 0.25) is 0 Å². The van der Waals surface area contributed by atoms with Gasteiger partial charge in [-0.15, -0.1) is 11.3 Å². The van der Waals surface area contributed by atoms with Crippen molar-refractivity contribution in [1.82, 2.24) is 15.3 Å². The second-order valence-electron chi connectivity index (χ2n) is 4.62. The minimum absolute atomic E-state index is 0.383. The Kier molecular flexibility index (Phi) is 4.17. The SMILES string of the molecule is c1ccc(-c2nc(CNCC3CCCO3)cs2)nc1. The average molecular weight is 275 g/mol. The molecule has 0 saturated carbocycles. The summed E-state index contributed by atoms with van der Waals surface area (Å²) in [5.41, 5.74) is 2.02. The van der Waals surface area contributed by atoms with E-state index >= 15 is 0 Å². The molecule has 5 heteroatoms. The van der Waals surface area contributed by atoms with Gasteiger partial charge >= 0.3 is 0 Å². The molecular weight excluding hydrogens is 258 g/mol. The van der Waals surface area contributed by atoms with E-state index in [0.29, 0.717) is 6.10 Å². The highest BCUT2D eigenvalue weighted by molar-refractivity contribution is 7.13. The lowest BCUT2D eigenvalue weighted by Crippen LogP contribution is -2.25. The van der Waals surface area contributed by atoms with Gasteiger partial charge in [-0.25, -0.2) is 4.98 Å². The molecule has 0 aromatic carbocycles. The summed E-state index contributed by atoms with van der Waals surface area (Å²) in [6.45, 7) is 2.62. The molecule has 0 radical (unpaired) electrons. The van der Waals surface area contributed by atoms with Gasteiger partial charge in [-0.2, -0.15) is 0 Å². The summed E-state index contributed by atoms with van der Waals surface area (Å²) in [6, 6.07) is 5.89. The van der Waals surface area contributed by atoms with Crippen molar-refractivity contribution in [2.45, 2.75) is 25.5 Å². The second-order valence-corrected chi connectivity index (χ2v) is 5.48. The van der Waals surface area contributed by atoms with Crippen LogP contribution < -0.4 is 5.32 Å². The van der Waals surface area contributed by atoms with Gasteiger partial charge in [-0.05, 0) is 25.0 Å². The van der Waals surface area contributed by atoms with E-state index in [1.54, 1.807) is 17.5 Å². The Morgan fingerprint density at radius 3 is 3.21 bits per heavy atom. The molecule has 100 valence electrons. The van der Waals surface area contributed by atoms with Crippen LogP contribution in [-0.2, 0) is 11.3 Å². The fourth-order valence-electron chi connectivity index (χ4n) is 2.16. The average Bonchev–Trinajstić information content (AvgIpc) is 3.11. The highest BCUT2D eigenvalue weighted by Crippen LogP contribution is 2.21. The van der Waals surface area contributed by atoms with Crippen LogP contribution in [0.1, 0.15) is 18.5 Å². The van der Waals surface area contributed by atoms with Gasteiger partial charge in [0.25, 0.3) is 0 Å². The van der Waals surface area contributed by atoms with Gasteiger partial charge in [0.15, 0.2) is 0 Å². The molecule has 1 saturated heterocycles. The molecule has 1 unspecified atom stereocenters. The molecule has 0 aliphatic carbocycles. The van der Waals surface area contributed by atoms with Gasteiger partial charge < -0.3 is 10.1 Å². The molecule has 3 heterocycles. The molecular formula is C14H17N3OS. The first kappa shape index (κ1) is 12.7. The molecule has 0 spiro atoms. The Bertz CT molecular complexity index is 508. The summed E-state index contributed by atoms with van der Waals surface area (Å²) in [5.74, 6) is 0. The summed E-state index contributed by atoms with van der Waals surface area (Å²) in [4.78, 5) is 8.91. The topological polar surface area (TPSA) is 47.0 Å². The molecule has 0 bridgehead atoms. The monoisotopic (exact) mass is 275 g/mol. The van der Waals surface area contributed by atoms with Crippen LogP contribution in [0.3, 0.4) is 0 Å². The predicted octanol–water partition coefficient (Wildman–Crippen LogP) is 2.47. The molecule has 0 amide bonds. The van der Waals surface area contributed by atoms with Gasteiger partial charge in [-0.3, -0.25) is 4.98 Å². The standard InChI is InChI=1S/C14H17N3OS/c1-2-6-16-13(5-1)14-17-11(10-19-14)8-15-9-12-4-3-7-18-12/h1-2,5-6,10,12,15H,3-4,7-9H2. The lowest BCUT2D eigenvalue weighted by molar-refractivity contribution is 0.110. The first-order valence-electron chi connectivity index (χ1n) is 6.60. The van der Waals surface area contributed by atoms with Crippen molar-refractivity contribution in [3.63, 3.8) is 0 Å². The lowest BCUT2D eigenvalue weighted by atomic mass is 10.2. The van der Waals surface area contributed by atoms with Crippen LogP contribution in [0.25, 0.3) is 10.7 Å². The predicted molar refractivity (Wildman–Crippen MR) is 76.0 cm³/mol. The summed E-state index contributed by atoms with van der Waals surface area (Å²) < 4.78 is 5.58. The second kappa shape index (κ2) is 6.23. The minimum atomic E-state index is 0.383. The zero-order chi connectivity index (χ0) is 12.9. The van der Waals surface area contributed by atoms with E-state index in [4.69, 9.17) is 4.74 Å². The van der Waals surface area contributed by atoms with Crippen molar-refractivity contribution < 1.29 is 4.74 Å². The maximum absolute atomic E-state index is 5.58. The van der Waals surface area contributed by atoms with Crippen LogP contribution in [0.15, 0.2) is 29.8 Å². The molecule has 1 aliphatic rings. The van der Waals surface area contributed by atoms with Crippen molar-refractivity contribution in [2.75, 3.05) is 13.2 Å². The lowest BCUT2D eigenvalue weighted by Gasteiger charge is -2.09. The quantitative estimate of drug-likeness (QED) is 0.910. The number of hydrogen-bond acceptors (Lipinski definition) is 5. The molecule has 3 rings (SSSR count). The molecule has 4 nitrogen and oxygen atoms in total. The van der Waals surface area contributed by atoms with Crippen LogP contribution in [-0.4, -0.2) is 29.2 Å². The third kappa shape index (κ3) is 3.37. The third-order valence-corrected chi connectivity index (χ3v) is 4.05. The molecule has 1 atom stereocenters. The van der Waals surface area contributed by atoms with E-state index in [0.717, 1.165) is 36.1 Å². The highest BCUT2D eigenvalue weighted by Gasteiger charge is 2.14. The van der Waals surface area contributed by atoms with Crippen molar-refractivity contribution in [3.05, 3.63) is 35.5 Å². The fourth-order valence-corrected chi connectivity index (χ4v) is 2.96. The Morgan fingerprint density at radius 1 is 1.42 bits per heavy atom. The van der Waals surface area contributed by atoms with Gasteiger partial charge in [-0.1, -0.05) is 6.07 Å². The molecule has 19 heavy (non-hydrogen) atoms. The molecule has 2 aromatic rings. The number of aromatic nitrogens is 2. The van der Waals surface area contributed by atoms with Crippen LogP contribution in [0.4, 0.5) is 0 Å². The van der Waals surface area contributed by atoms with Crippen molar-refractivity contribution in [1.29, 1.82) is 0 Å². The number of nitrogens with one attached hydrogen (secondary N) is 1. The Hall–Kier alpha value is -1.30. The molecule has 2 aromatic heterocycles. The number of rotatable bonds is 5. The van der Waals surface area contributed by atoms with E-state index in [-0.39, 0.29) is 0 Å². The minimum Gasteiger partial charge on any atom is -0.377 e. The number of hydrogen-bond donors (Lipinski definition) is 1. The Morgan fingerprint density at radius 2 is 2.42 bits per heavy atom. The third-order valence-electron chi connectivity index (χ3n) is 3.14. The van der Waals surface area contributed by atoms with Gasteiger partial charge in [0.1, 0.15) is 5.01 Å². The fraction of sp³-hybridized carbons (Fsp3) is 0.429. The van der Waals surface area contributed by atoms with Gasteiger partial charge in [0.05, 0.1) is 17.5 Å². The van der Waals surface area contributed by atoms with Crippen molar-refractivity contribution in [2.24, 2.45) is 0 Å². The van der Waals surface area contributed by atoms with Gasteiger partial charge in [0.2, 0.25) is 0 Å². The molecule has 1 fully saturated rings. The summed E-state index contributed by atoms with van der Waals surface area (Å²) in [6.07, 6.45) is 4.54. The first-order valence-corrected chi connectivity index (χ1v) is 7.48. The zero-order valence-corrected chi connectivity index (χ0v) is 11.5. The number of thiazole rings is 1. The smallest absolute Gasteiger partial charge is 0.142 e. The maximum atomic E-state index is 5.58. The number of nitrogens with zero attached hydrogens (tertiary/aromatic N) is 2.